The fraction of sp³-hybridized carbons (Fsp3) is 0.545. The number of aryl methyl sites for hydroxylation is 1. The van der Waals surface area contributed by atoms with Crippen LogP contribution in [0.1, 0.15) is 42.0 Å². The molecule has 3 nitrogen and oxygen atoms in total. The highest BCUT2D eigenvalue weighted by Crippen LogP contribution is 2.37. The molecule has 1 aromatic rings. The number of hydrogen-bond donors (Lipinski definition) is 2. The zero-order valence-corrected chi connectivity index (χ0v) is 8.47. The second-order valence-corrected chi connectivity index (χ2v) is 4.05. The highest BCUT2D eigenvalue weighted by molar-refractivity contribution is 5.31. The third kappa shape index (κ3) is 1.48. The number of H-pyrrole nitrogens is 1. The molecule has 0 saturated heterocycles. The van der Waals surface area contributed by atoms with Crippen molar-refractivity contribution >= 4 is 0 Å². The quantitative estimate of drug-likeness (QED) is 0.744. The average Bonchev–Trinajstić information content (AvgIpc) is 1.99. The first-order valence-corrected chi connectivity index (χ1v) is 5.15. The Kier molecular flexibility index (Phi) is 2.42. The summed E-state index contributed by atoms with van der Waals surface area (Å²) in [5.41, 5.74) is 8.49. The van der Waals surface area contributed by atoms with Gasteiger partial charge in [-0.3, -0.25) is 4.79 Å². The Balaban J connectivity index is 2.49. The van der Waals surface area contributed by atoms with Crippen molar-refractivity contribution < 1.29 is 0 Å². The summed E-state index contributed by atoms with van der Waals surface area (Å²) in [6.45, 7) is 2.27. The number of pyridine rings is 1. The summed E-state index contributed by atoms with van der Waals surface area (Å²) in [7, 11) is 0. The van der Waals surface area contributed by atoms with Crippen molar-refractivity contribution in [1.82, 2.24) is 4.98 Å². The van der Waals surface area contributed by atoms with E-state index in [0.717, 1.165) is 11.3 Å². The molecule has 0 aromatic carbocycles. The van der Waals surface area contributed by atoms with Crippen LogP contribution in [0.5, 0.6) is 0 Å². The first-order valence-electron chi connectivity index (χ1n) is 5.15. The lowest BCUT2D eigenvalue weighted by Gasteiger charge is -2.27. The molecule has 0 radical (unpaired) electrons. The first kappa shape index (κ1) is 9.46. The largest absolute Gasteiger partial charge is 0.326 e. The van der Waals surface area contributed by atoms with Gasteiger partial charge in [0.25, 0.3) is 5.56 Å². The minimum atomic E-state index is -0.00519. The lowest BCUT2D eigenvalue weighted by atomic mass is 9.78. The van der Waals surface area contributed by atoms with Gasteiger partial charge in [0.1, 0.15) is 0 Å². The maximum atomic E-state index is 11.6. The van der Waals surface area contributed by atoms with E-state index in [1.165, 1.54) is 24.8 Å². The summed E-state index contributed by atoms with van der Waals surface area (Å²) in [6, 6.07) is 2.08. The van der Waals surface area contributed by atoms with Crippen molar-refractivity contribution in [3.05, 3.63) is 33.2 Å². The molecule has 1 fully saturated rings. The summed E-state index contributed by atoms with van der Waals surface area (Å²) in [5.74, 6) is 0.578. The van der Waals surface area contributed by atoms with Gasteiger partial charge in [0.2, 0.25) is 0 Å². The maximum Gasteiger partial charge on any atom is 0.252 e. The van der Waals surface area contributed by atoms with Crippen LogP contribution in [0, 0.1) is 6.92 Å². The number of rotatable bonds is 2. The molecule has 1 aromatic heterocycles. The Morgan fingerprint density at radius 3 is 2.79 bits per heavy atom. The third-order valence-electron chi connectivity index (χ3n) is 3.05. The van der Waals surface area contributed by atoms with Crippen molar-refractivity contribution in [2.45, 2.75) is 38.6 Å². The van der Waals surface area contributed by atoms with Gasteiger partial charge < -0.3 is 10.7 Å². The van der Waals surface area contributed by atoms with E-state index < -0.39 is 0 Å². The SMILES string of the molecule is Cc1cc(C2CCC2)c(CN)c(=O)[nH]1. The normalized spacial score (nSPS) is 16.7. The predicted octanol–water partition coefficient (Wildman–Crippen LogP) is 1.41. The summed E-state index contributed by atoms with van der Waals surface area (Å²) < 4.78 is 0. The van der Waals surface area contributed by atoms with E-state index in [1.807, 2.05) is 6.92 Å². The minimum Gasteiger partial charge on any atom is -0.326 e. The van der Waals surface area contributed by atoms with Crippen molar-refractivity contribution in [3.63, 3.8) is 0 Å². The Morgan fingerprint density at radius 1 is 1.57 bits per heavy atom. The van der Waals surface area contributed by atoms with Crippen molar-refractivity contribution in [2.24, 2.45) is 5.73 Å². The van der Waals surface area contributed by atoms with Gasteiger partial charge in [0.05, 0.1) is 0 Å². The maximum absolute atomic E-state index is 11.6. The van der Waals surface area contributed by atoms with Crippen LogP contribution in [-0.2, 0) is 6.54 Å². The van der Waals surface area contributed by atoms with E-state index in [4.69, 9.17) is 5.73 Å². The topological polar surface area (TPSA) is 58.9 Å². The lowest BCUT2D eigenvalue weighted by Crippen LogP contribution is -2.23. The number of nitrogens with two attached hydrogens (primary N) is 1. The van der Waals surface area contributed by atoms with Gasteiger partial charge in [-0.15, -0.1) is 0 Å². The Labute approximate surface area is 83.3 Å². The van der Waals surface area contributed by atoms with E-state index >= 15 is 0 Å². The molecule has 3 heteroatoms. The highest BCUT2D eigenvalue weighted by Gasteiger charge is 2.23. The Morgan fingerprint density at radius 2 is 2.29 bits per heavy atom. The van der Waals surface area contributed by atoms with Crippen molar-refractivity contribution in [1.29, 1.82) is 0 Å². The molecule has 1 aliphatic carbocycles. The Hall–Kier alpha value is -1.09. The van der Waals surface area contributed by atoms with Crippen LogP contribution in [0.25, 0.3) is 0 Å². The van der Waals surface area contributed by atoms with E-state index in [1.54, 1.807) is 0 Å². The molecule has 1 aliphatic rings. The molecule has 3 N–H and O–H groups in total. The van der Waals surface area contributed by atoms with Crippen LogP contribution in [0.2, 0.25) is 0 Å². The first-order chi connectivity index (χ1) is 6.72. The number of nitrogens with one attached hydrogen (secondary N) is 1. The van der Waals surface area contributed by atoms with Gasteiger partial charge in [-0.25, -0.2) is 0 Å². The number of aromatic nitrogens is 1. The predicted molar refractivity (Wildman–Crippen MR) is 56.3 cm³/mol. The van der Waals surface area contributed by atoms with Gasteiger partial charge in [-0.2, -0.15) is 0 Å². The monoisotopic (exact) mass is 192 g/mol. The second kappa shape index (κ2) is 3.58. The lowest BCUT2D eigenvalue weighted by molar-refractivity contribution is 0.416. The molecule has 0 aliphatic heterocycles. The molecule has 0 unspecified atom stereocenters. The average molecular weight is 192 g/mol. The van der Waals surface area contributed by atoms with Crippen LogP contribution < -0.4 is 11.3 Å². The van der Waals surface area contributed by atoms with Crippen LogP contribution in [0.3, 0.4) is 0 Å². The highest BCUT2D eigenvalue weighted by atomic mass is 16.1. The van der Waals surface area contributed by atoms with Crippen molar-refractivity contribution in [3.8, 4) is 0 Å². The third-order valence-corrected chi connectivity index (χ3v) is 3.05. The van der Waals surface area contributed by atoms with Gasteiger partial charge in [0, 0.05) is 17.8 Å². The Bertz CT molecular complexity index is 391. The molecule has 0 bridgehead atoms. The smallest absolute Gasteiger partial charge is 0.252 e. The number of hydrogen-bond acceptors (Lipinski definition) is 2. The summed E-state index contributed by atoms with van der Waals surface area (Å²) in [5, 5.41) is 0. The molecule has 1 saturated carbocycles. The van der Waals surface area contributed by atoms with Crippen LogP contribution in [0.4, 0.5) is 0 Å². The standard InChI is InChI=1S/C11H16N2O/c1-7-5-9(8-3-2-4-8)10(6-12)11(14)13-7/h5,8H,2-4,6,12H2,1H3,(H,13,14). The van der Waals surface area contributed by atoms with E-state index in [0.29, 0.717) is 12.5 Å². The summed E-state index contributed by atoms with van der Waals surface area (Å²) in [6.07, 6.45) is 3.69. The summed E-state index contributed by atoms with van der Waals surface area (Å²) in [4.78, 5) is 14.4. The van der Waals surface area contributed by atoms with Gasteiger partial charge in [0.15, 0.2) is 0 Å². The molecule has 1 heterocycles. The van der Waals surface area contributed by atoms with Crippen LogP contribution in [-0.4, -0.2) is 4.98 Å². The van der Waals surface area contributed by atoms with E-state index in [2.05, 4.69) is 11.1 Å². The molecular weight excluding hydrogens is 176 g/mol. The fourth-order valence-electron chi connectivity index (χ4n) is 2.04. The summed E-state index contributed by atoms with van der Waals surface area (Å²) >= 11 is 0. The molecule has 0 amide bonds. The molecule has 14 heavy (non-hydrogen) atoms. The molecule has 2 rings (SSSR count). The minimum absolute atomic E-state index is 0.00519. The molecule has 0 spiro atoms. The zero-order chi connectivity index (χ0) is 10.1. The van der Waals surface area contributed by atoms with E-state index in [9.17, 15) is 4.79 Å². The van der Waals surface area contributed by atoms with Gasteiger partial charge in [-0.05, 0) is 37.3 Å². The number of aromatic amines is 1. The van der Waals surface area contributed by atoms with Gasteiger partial charge in [-0.1, -0.05) is 6.42 Å². The molecule has 76 valence electrons. The van der Waals surface area contributed by atoms with E-state index in [-0.39, 0.29) is 5.56 Å². The van der Waals surface area contributed by atoms with Crippen molar-refractivity contribution in [2.75, 3.05) is 0 Å². The van der Waals surface area contributed by atoms with Crippen LogP contribution >= 0.6 is 0 Å². The molecule has 0 atom stereocenters. The van der Waals surface area contributed by atoms with Crippen LogP contribution in [0.15, 0.2) is 10.9 Å². The zero-order valence-electron chi connectivity index (χ0n) is 8.47. The molecular formula is C11H16N2O. The fourth-order valence-corrected chi connectivity index (χ4v) is 2.04. The second-order valence-electron chi connectivity index (χ2n) is 4.05. The van der Waals surface area contributed by atoms with Gasteiger partial charge >= 0.3 is 0 Å².